The molecular formula is C16H14F6N4O3S. The second-order valence-electron chi connectivity index (χ2n) is 6.40. The Labute approximate surface area is 166 Å². The molecule has 0 saturated carbocycles. The van der Waals surface area contributed by atoms with Crippen molar-refractivity contribution in [1.29, 1.82) is 0 Å². The maximum atomic E-state index is 13.1. The van der Waals surface area contributed by atoms with Crippen molar-refractivity contribution in [3.05, 3.63) is 29.1 Å². The third kappa shape index (κ3) is 3.76. The van der Waals surface area contributed by atoms with Crippen molar-refractivity contribution in [1.82, 2.24) is 14.5 Å². The summed E-state index contributed by atoms with van der Waals surface area (Å²) in [5, 5.41) is 10.3. The molecule has 0 spiro atoms. The van der Waals surface area contributed by atoms with E-state index in [2.05, 4.69) is 9.97 Å². The van der Waals surface area contributed by atoms with Crippen molar-refractivity contribution in [3.8, 4) is 11.5 Å². The minimum Gasteiger partial charge on any atom is -0.310 e. The monoisotopic (exact) mass is 456 g/mol. The fraction of sp³-hybridized carbons (Fsp3) is 0.375. The van der Waals surface area contributed by atoms with Gasteiger partial charge in [0.2, 0.25) is 0 Å². The highest BCUT2D eigenvalue weighted by Gasteiger charge is 2.39. The average molecular weight is 456 g/mol. The van der Waals surface area contributed by atoms with Crippen LogP contribution in [0.3, 0.4) is 0 Å². The van der Waals surface area contributed by atoms with Crippen LogP contribution >= 0.6 is 0 Å². The molecule has 0 unspecified atom stereocenters. The summed E-state index contributed by atoms with van der Waals surface area (Å²) >= 11 is 0. The molecule has 2 aromatic rings. The molecule has 1 aliphatic rings. The lowest BCUT2D eigenvalue weighted by molar-refractivity contribution is -0.138. The molecule has 0 saturated heterocycles. The minimum atomic E-state index is -4.86. The van der Waals surface area contributed by atoms with Crippen LogP contribution in [0.4, 0.5) is 32.2 Å². The van der Waals surface area contributed by atoms with Crippen molar-refractivity contribution in [2.45, 2.75) is 24.2 Å². The van der Waals surface area contributed by atoms with Gasteiger partial charge < -0.3 is 4.57 Å². The molecule has 14 heteroatoms. The molecule has 3 rings (SSSR count). The van der Waals surface area contributed by atoms with Gasteiger partial charge in [-0.15, -0.1) is 0 Å². The normalized spacial score (nSPS) is 15.2. The molecule has 1 aliphatic heterocycles. The van der Waals surface area contributed by atoms with Gasteiger partial charge in [0, 0.05) is 13.2 Å². The van der Waals surface area contributed by atoms with E-state index in [1.54, 1.807) is 0 Å². The zero-order chi connectivity index (χ0) is 22.6. The number of hydrogen-bond acceptors (Lipinski definition) is 6. The molecule has 164 valence electrons. The van der Waals surface area contributed by atoms with E-state index >= 15 is 0 Å². The number of imidazole rings is 1. The minimum absolute atomic E-state index is 0.195. The van der Waals surface area contributed by atoms with Crippen molar-refractivity contribution in [2.75, 3.05) is 17.4 Å². The smallest absolute Gasteiger partial charge is 0.310 e. The van der Waals surface area contributed by atoms with E-state index in [-0.39, 0.29) is 22.4 Å². The lowest BCUT2D eigenvalue weighted by Gasteiger charge is -2.24. The van der Waals surface area contributed by atoms with E-state index in [9.17, 15) is 40.0 Å². The van der Waals surface area contributed by atoms with Crippen molar-refractivity contribution in [2.24, 2.45) is 7.05 Å². The molecule has 0 aromatic carbocycles. The molecule has 0 radical (unpaired) electrons. The average Bonchev–Trinajstić information content (AvgIpc) is 2.96. The van der Waals surface area contributed by atoms with Crippen LogP contribution < -0.4 is 5.06 Å². The summed E-state index contributed by atoms with van der Waals surface area (Å²) in [5.74, 6) is -1.06. The largest absolute Gasteiger partial charge is 0.417 e. The number of anilines is 1. The first kappa shape index (κ1) is 22.1. The van der Waals surface area contributed by atoms with Gasteiger partial charge in [-0.05, 0) is 12.1 Å². The van der Waals surface area contributed by atoms with Crippen LogP contribution in [0.1, 0.15) is 18.2 Å². The van der Waals surface area contributed by atoms with E-state index in [0.29, 0.717) is 18.3 Å². The molecule has 1 N–H and O–H groups in total. The first-order valence-corrected chi connectivity index (χ1v) is 9.93. The summed E-state index contributed by atoms with van der Waals surface area (Å²) in [4.78, 5) is 6.74. The number of aromatic nitrogens is 3. The van der Waals surface area contributed by atoms with Crippen LogP contribution in [0.2, 0.25) is 0 Å². The first-order chi connectivity index (χ1) is 13.7. The number of hydroxylamine groups is 1. The van der Waals surface area contributed by atoms with Crippen LogP contribution in [0.5, 0.6) is 0 Å². The summed E-state index contributed by atoms with van der Waals surface area (Å²) in [7, 11) is -2.95. The number of hydrogen-bond donors (Lipinski definition) is 1. The number of nitrogens with zero attached hydrogens (tertiary/aromatic N) is 4. The molecule has 0 fully saturated rings. The third-order valence-corrected chi connectivity index (χ3v) is 6.18. The van der Waals surface area contributed by atoms with Gasteiger partial charge in [0.05, 0.1) is 28.3 Å². The summed E-state index contributed by atoms with van der Waals surface area (Å²) in [6, 6.07) is 0.405. The Hall–Kier alpha value is -2.61. The fourth-order valence-electron chi connectivity index (χ4n) is 2.90. The Bertz CT molecular complexity index is 1140. The van der Waals surface area contributed by atoms with Crippen molar-refractivity contribution in [3.63, 3.8) is 0 Å². The van der Waals surface area contributed by atoms with E-state index in [1.807, 2.05) is 0 Å². The molecule has 2 aromatic heterocycles. The van der Waals surface area contributed by atoms with Crippen molar-refractivity contribution < 1.29 is 40.0 Å². The molecule has 0 aliphatic carbocycles. The lowest BCUT2D eigenvalue weighted by atomic mass is 10.1. The number of pyridine rings is 1. The standard InChI is InChI=1S/C16H14F6N4O3S/c1-3-30(28,29)11-5-8(15(17,18)19)6-23-12(11)13-24-10-4-9(16(20,21)22)7-26(27)14(10)25(13)2/h4-6,27H,3,7H2,1-2H3. The highest BCUT2D eigenvalue weighted by Crippen LogP contribution is 2.39. The maximum Gasteiger partial charge on any atom is 0.417 e. The highest BCUT2D eigenvalue weighted by molar-refractivity contribution is 7.91. The Morgan fingerprint density at radius 3 is 2.33 bits per heavy atom. The number of rotatable bonds is 3. The molecule has 0 atom stereocenters. The second-order valence-corrected chi connectivity index (χ2v) is 8.65. The third-order valence-electron chi connectivity index (χ3n) is 4.44. The second kappa shape index (κ2) is 6.97. The van der Waals surface area contributed by atoms with Crippen LogP contribution in [0, 0.1) is 0 Å². The van der Waals surface area contributed by atoms with E-state index in [4.69, 9.17) is 0 Å². The topological polar surface area (TPSA) is 88.3 Å². The summed E-state index contributed by atoms with van der Waals surface area (Å²) in [6.07, 6.45) is -8.54. The fourth-order valence-corrected chi connectivity index (χ4v) is 3.96. The van der Waals surface area contributed by atoms with Crippen LogP contribution in [-0.4, -0.2) is 46.6 Å². The van der Waals surface area contributed by atoms with Gasteiger partial charge in [-0.1, -0.05) is 6.92 Å². The van der Waals surface area contributed by atoms with E-state index in [1.165, 1.54) is 14.0 Å². The zero-order valence-corrected chi connectivity index (χ0v) is 16.2. The molecule has 0 bridgehead atoms. The molecular weight excluding hydrogens is 442 g/mol. The number of alkyl halides is 6. The van der Waals surface area contributed by atoms with Crippen LogP contribution in [0.15, 0.2) is 22.7 Å². The Kier molecular flexibility index (Phi) is 5.13. The predicted molar refractivity (Wildman–Crippen MR) is 92.3 cm³/mol. The van der Waals surface area contributed by atoms with Crippen molar-refractivity contribution >= 4 is 21.7 Å². The molecule has 30 heavy (non-hydrogen) atoms. The van der Waals surface area contributed by atoms with Gasteiger partial charge in [0.1, 0.15) is 11.4 Å². The molecule has 3 heterocycles. The molecule has 0 amide bonds. The predicted octanol–water partition coefficient (Wildman–Crippen LogP) is 3.45. The Balaban J connectivity index is 2.27. The number of fused-ring (bicyclic) bond motifs is 1. The summed E-state index contributed by atoms with van der Waals surface area (Å²) in [5.41, 5.74) is -3.23. The first-order valence-electron chi connectivity index (χ1n) is 8.28. The maximum absolute atomic E-state index is 13.1. The van der Waals surface area contributed by atoms with Crippen LogP contribution in [0.25, 0.3) is 17.6 Å². The summed E-state index contributed by atoms with van der Waals surface area (Å²) < 4.78 is 104. The zero-order valence-electron chi connectivity index (χ0n) is 15.4. The van der Waals surface area contributed by atoms with E-state index in [0.717, 1.165) is 4.57 Å². The SMILES string of the molecule is CCS(=O)(=O)c1cc(C(F)(F)F)cnc1-c1nc2c(n1C)N(O)CC(C(F)(F)F)=C2. The van der Waals surface area contributed by atoms with Gasteiger partial charge in [0.25, 0.3) is 0 Å². The van der Waals surface area contributed by atoms with Crippen LogP contribution in [-0.2, 0) is 23.1 Å². The highest BCUT2D eigenvalue weighted by atomic mass is 32.2. The number of sulfone groups is 1. The lowest BCUT2D eigenvalue weighted by Crippen LogP contribution is -2.31. The van der Waals surface area contributed by atoms with Gasteiger partial charge in [-0.25, -0.2) is 18.5 Å². The quantitative estimate of drug-likeness (QED) is 0.712. The number of halogens is 6. The Morgan fingerprint density at radius 2 is 1.80 bits per heavy atom. The van der Waals surface area contributed by atoms with Gasteiger partial charge in [-0.3, -0.25) is 10.2 Å². The van der Waals surface area contributed by atoms with Gasteiger partial charge in [-0.2, -0.15) is 26.3 Å². The van der Waals surface area contributed by atoms with Gasteiger partial charge >= 0.3 is 12.4 Å². The Morgan fingerprint density at radius 1 is 1.17 bits per heavy atom. The van der Waals surface area contributed by atoms with E-state index < -0.39 is 56.2 Å². The van der Waals surface area contributed by atoms with Gasteiger partial charge in [0.15, 0.2) is 21.5 Å². The summed E-state index contributed by atoms with van der Waals surface area (Å²) in [6.45, 7) is 0.312. The molecule has 7 nitrogen and oxygen atoms in total.